The number of nitrogens with zero attached hydrogens (tertiary/aromatic N) is 1. The molecule has 0 aliphatic heterocycles. The second-order valence-corrected chi connectivity index (χ2v) is 14.1. The van der Waals surface area contributed by atoms with E-state index in [2.05, 4.69) is 40.3 Å². The van der Waals surface area contributed by atoms with Gasteiger partial charge in [0.2, 0.25) is 5.75 Å². The van der Waals surface area contributed by atoms with Crippen molar-refractivity contribution in [2.24, 2.45) is 0 Å². The summed E-state index contributed by atoms with van der Waals surface area (Å²) in [5.74, 6) is -0.600. The largest absolute Gasteiger partial charge is 0.573 e. The lowest BCUT2D eigenvalue weighted by atomic mass is 10.2. The molecular weight excluding hydrogens is 503 g/mol. The molecule has 0 spiro atoms. The molecule has 0 saturated heterocycles. The van der Waals surface area contributed by atoms with Crippen molar-refractivity contribution in [2.45, 2.75) is 32.0 Å². The number of rotatable bonds is 10. The topological polar surface area (TPSA) is 80.1 Å². The Morgan fingerprint density at radius 2 is 1.77 bits per heavy atom. The van der Waals surface area contributed by atoms with Crippen LogP contribution in [0.15, 0.2) is 40.9 Å². The standard InChI is InChI=1S/C19H21BrF3NO6Si/c1-31(2,3)8-7-27-12-28-17-11-16(24(25)26)18(10-15(17)20)29-13-5-4-6-14(9-13)30-19(21,22)23/h4-6,9-11H,7-8,12H2,1-3H3. The van der Waals surface area contributed by atoms with Crippen LogP contribution in [0, 0.1) is 10.1 Å². The molecule has 0 heterocycles. The molecule has 0 aromatic heterocycles. The van der Waals surface area contributed by atoms with Gasteiger partial charge in [-0.3, -0.25) is 10.1 Å². The Morgan fingerprint density at radius 3 is 2.39 bits per heavy atom. The van der Waals surface area contributed by atoms with Gasteiger partial charge in [-0.2, -0.15) is 0 Å². The van der Waals surface area contributed by atoms with Gasteiger partial charge in [0, 0.05) is 26.8 Å². The van der Waals surface area contributed by atoms with Crippen LogP contribution in [0.2, 0.25) is 25.7 Å². The molecule has 0 fully saturated rings. The smallest absolute Gasteiger partial charge is 0.466 e. The maximum atomic E-state index is 12.4. The average molecular weight is 524 g/mol. The Labute approximate surface area is 186 Å². The zero-order valence-electron chi connectivity index (χ0n) is 17.0. The number of benzene rings is 2. The summed E-state index contributed by atoms with van der Waals surface area (Å²) >= 11 is 3.25. The lowest BCUT2D eigenvalue weighted by molar-refractivity contribution is -0.385. The summed E-state index contributed by atoms with van der Waals surface area (Å²) in [4.78, 5) is 10.8. The third-order valence-corrected chi connectivity index (χ3v) is 6.10. The van der Waals surface area contributed by atoms with E-state index < -0.39 is 30.8 Å². The van der Waals surface area contributed by atoms with Crippen molar-refractivity contribution >= 4 is 29.7 Å². The molecule has 0 aliphatic rings. The van der Waals surface area contributed by atoms with E-state index in [0.717, 1.165) is 24.2 Å². The van der Waals surface area contributed by atoms with Crippen LogP contribution in [-0.4, -0.2) is 32.8 Å². The Bertz CT molecular complexity index is 920. The lowest BCUT2D eigenvalue weighted by Crippen LogP contribution is -2.22. The van der Waals surface area contributed by atoms with Crippen LogP contribution in [0.25, 0.3) is 0 Å². The van der Waals surface area contributed by atoms with Crippen LogP contribution in [0.3, 0.4) is 0 Å². The van der Waals surface area contributed by atoms with Gasteiger partial charge in [0.1, 0.15) is 17.2 Å². The fraction of sp³-hybridized carbons (Fsp3) is 0.368. The predicted octanol–water partition coefficient (Wildman–Crippen LogP) is 6.74. The van der Waals surface area contributed by atoms with Crippen molar-refractivity contribution in [3.05, 3.63) is 51.0 Å². The summed E-state index contributed by atoms with van der Waals surface area (Å²) in [6.45, 7) is 7.06. The summed E-state index contributed by atoms with van der Waals surface area (Å²) in [5.41, 5.74) is -0.428. The van der Waals surface area contributed by atoms with Crippen molar-refractivity contribution in [1.82, 2.24) is 0 Å². The van der Waals surface area contributed by atoms with E-state index in [1.165, 1.54) is 18.2 Å². The molecule has 0 unspecified atom stereocenters. The van der Waals surface area contributed by atoms with Gasteiger partial charge in [0.05, 0.1) is 15.5 Å². The number of hydrogen-bond acceptors (Lipinski definition) is 6. The molecule has 170 valence electrons. The third kappa shape index (κ3) is 8.75. The summed E-state index contributed by atoms with van der Waals surface area (Å²) in [6, 6.07) is 8.07. The minimum absolute atomic E-state index is 0.0694. The number of nitro benzene ring substituents is 1. The molecule has 0 amide bonds. The van der Waals surface area contributed by atoms with E-state index in [9.17, 15) is 23.3 Å². The molecule has 0 N–H and O–H groups in total. The van der Waals surface area contributed by atoms with E-state index in [-0.39, 0.29) is 24.0 Å². The molecular formula is C19H21BrF3NO6Si. The number of ether oxygens (including phenoxy) is 4. The van der Waals surface area contributed by atoms with Gasteiger partial charge in [-0.1, -0.05) is 25.7 Å². The first-order chi connectivity index (χ1) is 14.3. The summed E-state index contributed by atoms with van der Waals surface area (Å²) < 4.78 is 57.7. The number of alkyl halides is 3. The van der Waals surface area contributed by atoms with E-state index >= 15 is 0 Å². The van der Waals surface area contributed by atoms with E-state index in [1.807, 2.05) is 0 Å². The van der Waals surface area contributed by atoms with Crippen molar-refractivity contribution in [3.63, 3.8) is 0 Å². The minimum Gasteiger partial charge on any atom is -0.466 e. The van der Waals surface area contributed by atoms with Crippen LogP contribution in [0.4, 0.5) is 18.9 Å². The predicted molar refractivity (Wildman–Crippen MR) is 114 cm³/mol. The molecule has 2 aromatic carbocycles. The second-order valence-electron chi connectivity index (χ2n) is 7.61. The van der Waals surface area contributed by atoms with Crippen molar-refractivity contribution in [2.75, 3.05) is 13.4 Å². The SMILES string of the molecule is C[Si](C)(C)CCOCOc1cc([N+](=O)[O-])c(Oc2cccc(OC(F)(F)F)c2)cc1Br. The Morgan fingerprint density at radius 1 is 1.10 bits per heavy atom. The highest BCUT2D eigenvalue weighted by molar-refractivity contribution is 9.10. The number of halogens is 4. The molecule has 0 saturated carbocycles. The molecule has 0 bridgehead atoms. The fourth-order valence-corrected chi connectivity index (χ4v) is 3.46. The van der Waals surface area contributed by atoms with Gasteiger partial charge in [0.25, 0.3) is 0 Å². The Kier molecular flexibility index (Phi) is 8.32. The van der Waals surface area contributed by atoms with Crippen LogP contribution in [0.5, 0.6) is 23.0 Å². The zero-order chi connectivity index (χ0) is 23.2. The first kappa shape index (κ1) is 25.0. The molecule has 7 nitrogen and oxygen atoms in total. The van der Waals surface area contributed by atoms with E-state index in [4.69, 9.17) is 14.2 Å². The molecule has 12 heteroatoms. The number of hydrogen-bond donors (Lipinski definition) is 0. The first-order valence-electron chi connectivity index (χ1n) is 9.06. The quantitative estimate of drug-likeness (QED) is 0.113. The highest BCUT2D eigenvalue weighted by Gasteiger charge is 2.31. The van der Waals surface area contributed by atoms with Crippen LogP contribution < -0.4 is 14.2 Å². The van der Waals surface area contributed by atoms with Crippen molar-refractivity contribution < 1.29 is 37.0 Å². The van der Waals surface area contributed by atoms with Crippen molar-refractivity contribution in [3.8, 4) is 23.0 Å². The Balaban J connectivity index is 2.13. The normalized spacial score (nSPS) is 11.8. The van der Waals surface area contributed by atoms with E-state index in [1.54, 1.807) is 0 Å². The molecule has 2 aromatic rings. The third-order valence-electron chi connectivity index (χ3n) is 3.77. The number of nitro groups is 1. The molecule has 0 radical (unpaired) electrons. The minimum atomic E-state index is -4.87. The second kappa shape index (κ2) is 10.3. The maximum absolute atomic E-state index is 12.4. The monoisotopic (exact) mass is 523 g/mol. The fourth-order valence-electron chi connectivity index (χ4n) is 2.26. The molecule has 0 atom stereocenters. The van der Waals surface area contributed by atoms with Gasteiger partial charge < -0.3 is 18.9 Å². The van der Waals surface area contributed by atoms with Gasteiger partial charge in [-0.05, 0) is 34.1 Å². The summed E-state index contributed by atoms with van der Waals surface area (Å²) in [5, 5.41) is 11.5. The summed E-state index contributed by atoms with van der Waals surface area (Å²) in [7, 11) is -1.25. The molecule has 31 heavy (non-hydrogen) atoms. The van der Waals surface area contributed by atoms with Crippen LogP contribution in [0.1, 0.15) is 0 Å². The lowest BCUT2D eigenvalue weighted by Gasteiger charge is -2.16. The Hall–Kier alpha value is -2.31. The van der Waals surface area contributed by atoms with Gasteiger partial charge in [-0.15, -0.1) is 13.2 Å². The van der Waals surface area contributed by atoms with Crippen LogP contribution in [-0.2, 0) is 4.74 Å². The van der Waals surface area contributed by atoms with Gasteiger partial charge >= 0.3 is 12.0 Å². The summed E-state index contributed by atoms with van der Waals surface area (Å²) in [6.07, 6.45) is -4.87. The highest BCUT2D eigenvalue weighted by Crippen LogP contribution is 2.40. The van der Waals surface area contributed by atoms with Crippen LogP contribution >= 0.6 is 15.9 Å². The average Bonchev–Trinajstić information content (AvgIpc) is 2.60. The maximum Gasteiger partial charge on any atom is 0.573 e. The highest BCUT2D eigenvalue weighted by atomic mass is 79.9. The zero-order valence-corrected chi connectivity index (χ0v) is 19.6. The molecule has 2 rings (SSSR count). The van der Waals surface area contributed by atoms with Gasteiger partial charge in [0.15, 0.2) is 6.79 Å². The van der Waals surface area contributed by atoms with Crippen molar-refractivity contribution in [1.29, 1.82) is 0 Å². The first-order valence-corrected chi connectivity index (χ1v) is 13.6. The van der Waals surface area contributed by atoms with E-state index in [0.29, 0.717) is 11.1 Å². The molecule has 0 aliphatic carbocycles. The van der Waals surface area contributed by atoms with Gasteiger partial charge in [-0.25, -0.2) is 0 Å².